The summed E-state index contributed by atoms with van der Waals surface area (Å²) in [6.45, 7) is 7.14. The Morgan fingerprint density at radius 2 is 2.21 bits per heavy atom. The fourth-order valence-electron chi connectivity index (χ4n) is 3.16. The quantitative estimate of drug-likeness (QED) is 0.927. The van der Waals surface area contributed by atoms with Crippen LogP contribution in [0.4, 0.5) is 0 Å². The van der Waals surface area contributed by atoms with Crippen molar-refractivity contribution in [2.45, 2.75) is 39.2 Å². The summed E-state index contributed by atoms with van der Waals surface area (Å²) >= 11 is 0. The third-order valence-electron chi connectivity index (χ3n) is 4.66. The Morgan fingerprint density at radius 3 is 2.88 bits per heavy atom. The molecule has 0 fully saturated rings. The predicted molar refractivity (Wildman–Crippen MR) is 93.7 cm³/mol. The highest BCUT2D eigenvalue weighted by Gasteiger charge is 2.45. The van der Waals surface area contributed by atoms with Crippen molar-refractivity contribution in [2.24, 2.45) is 11.1 Å². The van der Waals surface area contributed by atoms with Crippen molar-refractivity contribution in [1.29, 1.82) is 0 Å². The topological polar surface area (TPSA) is 62.1 Å². The van der Waals surface area contributed by atoms with E-state index in [4.69, 9.17) is 4.84 Å². The number of carbonyl (C=O) groups excluding carboxylic acids is 1. The minimum absolute atomic E-state index is 0.0207. The van der Waals surface area contributed by atoms with Gasteiger partial charge in [0.25, 0.3) is 5.91 Å². The van der Waals surface area contributed by atoms with Crippen LogP contribution in [0.1, 0.15) is 39.2 Å². The fourth-order valence-corrected chi connectivity index (χ4v) is 3.16. The lowest BCUT2D eigenvalue weighted by Crippen LogP contribution is -2.49. The van der Waals surface area contributed by atoms with Gasteiger partial charge in [-0.2, -0.15) is 0 Å². The predicted octanol–water partition coefficient (Wildman–Crippen LogP) is 3.20. The first-order valence-electron chi connectivity index (χ1n) is 8.42. The first-order chi connectivity index (χ1) is 11.4. The molecule has 1 unspecified atom stereocenters. The number of phenolic OH excluding ortho intramolecular Hbond substituents is 1. The monoisotopic (exact) mass is 328 g/mol. The van der Waals surface area contributed by atoms with Crippen molar-refractivity contribution < 1.29 is 14.7 Å². The van der Waals surface area contributed by atoms with E-state index in [1.807, 2.05) is 24.0 Å². The van der Waals surface area contributed by atoms with E-state index in [2.05, 4.69) is 25.1 Å². The van der Waals surface area contributed by atoms with E-state index in [1.54, 1.807) is 12.1 Å². The summed E-state index contributed by atoms with van der Waals surface area (Å²) in [5, 5.41) is 13.8. The Balaban J connectivity index is 1.73. The normalized spacial score (nSPS) is 23.8. The standard InChI is InChI=1S/C19H24N2O3/c1-13(2)17-11-19(3,24-20-17)18(23)21-9-5-7-15(12-21)14-6-4-8-16(22)10-14/h4,6-8,10,13,22H,5,9,11-12H2,1-3H3. The minimum Gasteiger partial charge on any atom is -0.508 e. The van der Waals surface area contributed by atoms with Crippen LogP contribution in [-0.4, -0.2) is 40.3 Å². The number of hydrogen-bond donors (Lipinski definition) is 1. The summed E-state index contributed by atoms with van der Waals surface area (Å²) in [6, 6.07) is 7.14. The van der Waals surface area contributed by atoms with Crippen molar-refractivity contribution in [3.05, 3.63) is 35.9 Å². The van der Waals surface area contributed by atoms with Crippen molar-refractivity contribution >= 4 is 17.2 Å². The molecule has 0 saturated carbocycles. The van der Waals surface area contributed by atoms with E-state index in [1.165, 1.54) is 0 Å². The minimum atomic E-state index is -0.902. The molecular formula is C19H24N2O3. The van der Waals surface area contributed by atoms with Crippen LogP contribution in [-0.2, 0) is 9.63 Å². The molecule has 5 nitrogen and oxygen atoms in total. The molecule has 24 heavy (non-hydrogen) atoms. The maximum Gasteiger partial charge on any atom is 0.270 e. The van der Waals surface area contributed by atoms with Crippen LogP contribution in [0.25, 0.3) is 5.57 Å². The Kier molecular flexibility index (Phi) is 4.35. The average molecular weight is 328 g/mol. The van der Waals surface area contributed by atoms with Crippen LogP contribution in [0, 0.1) is 5.92 Å². The summed E-state index contributed by atoms with van der Waals surface area (Å²) < 4.78 is 0. The highest BCUT2D eigenvalue weighted by atomic mass is 16.7. The zero-order chi connectivity index (χ0) is 17.3. The van der Waals surface area contributed by atoms with Crippen LogP contribution < -0.4 is 0 Å². The van der Waals surface area contributed by atoms with Crippen LogP contribution >= 0.6 is 0 Å². The first-order valence-corrected chi connectivity index (χ1v) is 8.42. The van der Waals surface area contributed by atoms with E-state index in [0.29, 0.717) is 19.5 Å². The summed E-state index contributed by atoms with van der Waals surface area (Å²) in [5.74, 6) is 0.495. The zero-order valence-electron chi connectivity index (χ0n) is 14.5. The molecule has 0 aromatic heterocycles. The van der Waals surface area contributed by atoms with Gasteiger partial charge in [-0.3, -0.25) is 4.79 Å². The number of oxime groups is 1. The van der Waals surface area contributed by atoms with Gasteiger partial charge in [-0.25, -0.2) is 0 Å². The van der Waals surface area contributed by atoms with Crippen LogP contribution in [0.2, 0.25) is 0 Å². The molecule has 0 bridgehead atoms. The molecule has 3 rings (SSSR count). The Hall–Kier alpha value is -2.30. The van der Waals surface area contributed by atoms with Gasteiger partial charge in [0, 0.05) is 19.5 Å². The molecule has 1 aromatic rings. The first kappa shape index (κ1) is 16.6. The molecule has 0 radical (unpaired) electrons. The maximum atomic E-state index is 13.0. The molecule has 1 amide bonds. The third-order valence-corrected chi connectivity index (χ3v) is 4.66. The maximum absolute atomic E-state index is 13.0. The van der Waals surface area contributed by atoms with Crippen molar-refractivity contribution in [3.63, 3.8) is 0 Å². The molecule has 128 valence electrons. The van der Waals surface area contributed by atoms with Crippen LogP contribution in [0.15, 0.2) is 35.5 Å². The Labute approximate surface area is 142 Å². The number of nitrogens with zero attached hydrogens (tertiary/aromatic N) is 2. The van der Waals surface area contributed by atoms with E-state index in [-0.39, 0.29) is 17.6 Å². The number of aromatic hydroxyl groups is 1. The van der Waals surface area contributed by atoms with Gasteiger partial charge in [-0.15, -0.1) is 0 Å². The van der Waals surface area contributed by atoms with Crippen LogP contribution in [0.3, 0.4) is 0 Å². The SMILES string of the molecule is CC(C)C1=NOC(C)(C(=O)N2CCC=C(c3cccc(O)c3)C2)C1. The Bertz CT molecular complexity index is 708. The molecule has 5 heteroatoms. The molecule has 2 aliphatic heterocycles. The highest BCUT2D eigenvalue weighted by molar-refractivity contribution is 5.97. The molecule has 0 saturated heterocycles. The van der Waals surface area contributed by atoms with Crippen molar-refractivity contribution in [1.82, 2.24) is 4.90 Å². The Morgan fingerprint density at radius 1 is 1.42 bits per heavy atom. The van der Waals surface area contributed by atoms with Gasteiger partial charge < -0.3 is 14.8 Å². The number of phenols is 1. The second-order valence-electron chi connectivity index (χ2n) is 7.03. The lowest BCUT2D eigenvalue weighted by molar-refractivity contribution is -0.152. The third kappa shape index (κ3) is 3.16. The lowest BCUT2D eigenvalue weighted by Gasteiger charge is -2.33. The van der Waals surface area contributed by atoms with Crippen molar-refractivity contribution in [3.8, 4) is 5.75 Å². The van der Waals surface area contributed by atoms with Gasteiger partial charge in [-0.1, -0.05) is 37.2 Å². The lowest BCUT2D eigenvalue weighted by atomic mass is 9.92. The molecule has 1 N–H and O–H groups in total. The van der Waals surface area contributed by atoms with E-state index >= 15 is 0 Å². The van der Waals surface area contributed by atoms with Gasteiger partial charge in [0.05, 0.1) is 5.71 Å². The molecule has 1 aromatic carbocycles. The number of rotatable bonds is 3. The second-order valence-corrected chi connectivity index (χ2v) is 7.03. The van der Waals surface area contributed by atoms with Crippen molar-refractivity contribution in [2.75, 3.05) is 13.1 Å². The van der Waals surface area contributed by atoms with Crippen LogP contribution in [0.5, 0.6) is 5.75 Å². The van der Waals surface area contributed by atoms with Gasteiger partial charge in [0.15, 0.2) is 0 Å². The summed E-state index contributed by atoms with van der Waals surface area (Å²) in [6.07, 6.45) is 3.47. The molecule has 1 atom stereocenters. The highest BCUT2D eigenvalue weighted by Crippen LogP contribution is 2.31. The smallest absolute Gasteiger partial charge is 0.270 e. The second kappa shape index (κ2) is 6.30. The van der Waals surface area contributed by atoms with Gasteiger partial charge in [0.2, 0.25) is 5.60 Å². The summed E-state index contributed by atoms with van der Waals surface area (Å²) in [4.78, 5) is 20.3. The summed E-state index contributed by atoms with van der Waals surface area (Å²) in [7, 11) is 0. The number of carbonyl (C=O) groups is 1. The number of benzene rings is 1. The number of amides is 1. The van der Waals surface area contributed by atoms with E-state index < -0.39 is 5.60 Å². The zero-order valence-corrected chi connectivity index (χ0v) is 14.5. The van der Waals surface area contributed by atoms with Gasteiger partial charge in [-0.05, 0) is 42.5 Å². The summed E-state index contributed by atoms with van der Waals surface area (Å²) in [5.41, 5.74) is 2.04. The molecule has 2 heterocycles. The van der Waals surface area contributed by atoms with Gasteiger partial charge in [0.1, 0.15) is 5.75 Å². The molecule has 2 aliphatic rings. The average Bonchev–Trinajstić information content (AvgIpc) is 2.98. The fraction of sp³-hybridized carbons (Fsp3) is 0.474. The van der Waals surface area contributed by atoms with E-state index in [0.717, 1.165) is 23.3 Å². The largest absolute Gasteiger partial charge is 0.508 e. The molecule has 0 spiro atoms. The van der Waals surface area contributed by atoms with E-state index in [9.17, 15) is 9.90 Å². The van der Waals surface area contributed by atoms with Gasteiger partial charge >= 0.3 is 0 Å². The number of hydrogen-bond acceptors (Lipinski definition) is 4. The molecular weight excluding hydrogens is 304 g/mol. The molecule has 0 aliphatic carbocycles.